The van der Waals surface area contributed by atoms with Gasteiger partial charge in [-0.25, -0.2) is 0 Å². The van der Waals surface area contributed by atoms with Crippen LogP contribution in [-0.2, 0) is 17.8 Å². The van der Waals surface area contributed by atoms with Crippen molar-refractivity contribution >= 4 is 39.8 Å². The molecule has 0 N–H and O–H groups in total. The molecule has 1 fully saturated rings. The van der Waals surface area contributed by atoms with E-state index in [-0.39, 0.29) is 17.2 Å². The number of imide groups is 1. The number of ether oxygens (including phenoxy) is 2. The molecule has 180 valence electrons. The van der Waals surface area contributed by atoms with Gasteiger partial charge in [-0.1, -0.05) is 55.5 Å². The largest absolute Gasteiger partial charge is 0.493 e. The number of nitrogens with zero attached hydrogens (tertiary/aromatic N) is 1. The number of benzene rings is 3. The highest BCUT2D eigenvalue weighted by atomic mass is 32.2. The lowest BCUT2D eigenvalue weighted by molar-refractivity contribution is -0.124. The first-order chi connectivity index (χ1) is 17.0. The van der Waals surface area contributed by atoms with E-state index in [1.807, 2.05) is 44.2 Å². The maximum Gasteiger partial charge on any atom is 0.293 e. The van der Waals surface area contributed by atoms with E-state index in [2.05, 4.69) is 30.8 Å². The molecule has 1 saturated heterocycles. The fourth-order valence-electron chi connectivity index (χ4n) is 4.15. The molecule has 35 heavy (non-hydrogen) atoms. The van der Waals surface area contributed by atoms with Crippen LogP contribution in [0.15, 0.2) is 72.2 Å². The van der Waals surface area contributed by atoms with Crippen molar-refractivity contribution < 1.29 is 19.1 Å². The molecule has 5 nitrogen and oxygen atoms in total. The summed E-state index contributed by atoms with van der Waals surface area (Å²) in [7, 11) is 1.60. The summed E-state index contributed by atoms with van der Waals surface area (Å²) in [5, 5.41) is 2.07. The van der Waals surface area contributed by atoms with Gasteiger partial charge in [0.1, 0.15) is 6.61 Å². The minimum atomic E-state index is -0.255. The Morgan fingerprint density at radius 2 is 1.86 bits per heavy atom. The van der Waals surface area contributed by atoms with Crippen molar-refractivity contribution in [3.63, 3.8) is 0 Å². The van der Waals surface area contributed by atoms with Gasteiger partial charge in [0.2, 0.25) is 0 Å². The molecular formula is C29H29NO4S. The Labute approximate surface area is 210 Å². The molecule has 4 rings (SSSR count). The summed E-state index contributed by atoms with van der Waals surface area (Å²) < 4.78 is 12.0. The highest BCUT2D eigenvalue weighted by molar-refractivity contribution is 8.18. The van der Waals surface area contributed by atoms with Gasteiger partial charge in [-0.05, 0) is 71.6 Å². The second-order valence-corrected chi connectivity index (χ2v) is 9.43. The van der Waals surface area contributed by atoms with E-state index in [0.717, 1.165) is 39.2 Å². The molecule has 2 amide bonds. The lowest BCUT2D eigenvalue weighted by atomic mass is 10.0. The number of carbonyl (C=O) groups excluding carboxylic acids is 2. The number of hydrogen-bond donors (Lipinski definition) is 0. The predicted molar refractivity (Wildman–Crippen MR) is 143 cm³/mol. The molecule has 0 unspecified atom stereocenters. The van der Waals surface area contributed by atoms with Crippen molar-refractivity contribution in [2.45, 2.75) is 39.3 Å². The molecule has 1 aliphatic heterocycles. The van der Waals surface area contributed by atoms with Gasteiger partial charge in [-0.15, -0.1) is 6.58 Å². The molecular weight excluding hydrogens is 458 g/mol. The molecule has 0 bridgehead atoms. The van der Waals surface area contributed by atoms with Crippen LogP contribution in [0.2, 0.25) is 0 Å². The molecule has 1 aliphatic rings. The molecule has 0 spiro atoms. The summed E-state index contributed by atoms with van der Waals surface area (Å²) in [6, 6.07) is 18.0. The summed E-state index contributed by atoms with van der Waals surface area (Å²) >= 11 is 0.972. The van der Waals surface area contributed by atoms with Gasteiger partial charge < -0.3 is 9.47 Å². The molecule has 0 radical (unpaired) electrons. The number of carbonyl (C=O) groups is 2. The number of rotatable bonds is 9. The molecule has 6 heteroatoms. The van der Waals surface area contributed by atoms with E-state index in [1.54, 1.807) is 19.3 Å². The third kappa shape index (κ3) is 5.13. The molecule has 0 aromatic heterocycles. The molecule has 1 atom stereocenters. The van der Waals surface area contributed by atoms with E-state index in [0.29, 0.717) is 35.9 Å². The van der Waals surface area contributed by atoms with Gasteiger partial charge in [0.15, 0.2) is 11.5 Å². The second-order valence-electron chi connectivity index (χ2n) is 8.44. The topological polar surface area (TPSA) is 55.8 Å². The lowest BCUT2D eigenvalue weighted by Gasteiger charge is -2.19. The van der Waals surface area contributed by atoms with Gasteiger partial charge in [-0.3, -0.25) is 14.5 Å². The summed E-state index contributed by atoms with van der Waals surface area (Å²) in [6.07, 6.45) is 4.83. The Hall–Kier alpha value is -3.51. The molecule has 0 saturated carbocycles. The van der Waals surface area contributed by atoms with Crippen molar-refractivity contribution in [2.24, 2.45) is 0 Å². The Kier molecular flexibility index (Phi) is 7.61. The van der Waals surface area contributed by atoms with E-state index in [4.69, 9.17) is 9.47 Å². The van der Waals surface area contributed by atoms with Gasteiger partial charge in [0.05, 0.1) is 12.0 Å². The highest BCUT2D eigenvalue weighted by Gasteiger charge is 2.37. The minimum absolute atomic E-state index is 0.135. The zero-order chi connectivity index (χ0) is 24.9. The van der Waals surface area contributed by atoms with E-state index >= 15 is 0 Å². The Morgan fingerprint density at radius 1 is 1.09 bits per heavy atom. The van der Waals surface area contributed by atoms with Crippen LogP contribution < -0.4 is 9.47 Å². The highest BCUT2D eigenvalue weighted by Crippen LogP contribution is 2.38. The smallest absolute Gasteiger partial charge is 0.293 e. The average molecular weight is 488 g/mol. The molecule has 0 aliphatic carbocycles. The number of amides is 2. The zero-order valence-corrected chi connectivity index (χ0v) is 21.1. The van der Waals surface area contributed by atoms with Gasteiger partial charge in [0.25, 0.3) is 11.1 Å². The predicted octanol–water partition coefficient (Wildman–Crippen LogP) is 6.99. The van der Waals surface area contributed by atoms with E-state index < -0.39 is 0 Å². The van der Waals surface area contributed by atoms with Crippen LogP contribution in [0.1, 0.15) is 37.0 Å². The number of fused-ring (bicyclic) bond motifs is 1. The van der Waals surface area contributed by atoms with Crippen LogP contribution in [-0.4, -0.2) is 29.2 Å². The SMILES string of the molecule is C=CCc1cc(/C=C2/SC(=O)N([C@H](C)CC)C2=O)cc(OC)c1OCc1cccc2ccccc12. The normalized spacial score (nSPS) is 15.6. The van der Waals surface area contributed by atoms with Crippen LogP contribution >= 0.6 is 11.8 Å². The first kappa shape index (κ1) is 24.6. The maximum atomic E-state index is 12.9. The Balaban J connectivity index is 1.66. The van der Waals surface area contributed by atoms with E-state index in [1.165, 1.54) is 4.90 Å². The van der Waals surface area contributed by atoms with Crippen LogP contribution in [0.5, 0.6) is 11.5 Å². The third-order valence-electron chi connectivity index (χ3n) is 6.14. The fourth-order valence-corrected chi connectivity index (χ4v) is 5.08. The average Bonchev–Trinajstić information content (AvgIpc) is 3.15. The number of thioether (sulfide) groups is 1. The summed E-state index contributed by atoms with van der Waals surface area (Å²) in [5.41, 5.74) is 2.75. The summed E-state index contributed by atoms with van der Waals surface area (Å²) in [5.74, 6) is 0.956. The van der Waals surface area contributed by atoms with Crippen LogP contribution in [0.4, 0.5) is 4.79 Å². The summed E-state index contributed by atoms with van der Waals surface area (Å²) in [4.78, 5) is 27.0. The standard InChI is InChI=1S/C29H29NO4S/c1-5-10-22-15-20(17-26-28(31)30(19(3)6-2)29(32)35-26)16-25(33-4)27(22)34-18-23-13-9-12-21-11-7-8-14-24(21)23/h5,7-9,11-17,19H,1,6,10,18H2,2-4H3/b26-17+/t19-/m1/s1. The number of methoxy groups -OCH3 is 1. The number of allylic oxidation sites excluding steroid dienone is 1. The van der Waals surface area contributed by atoms with Crippen LogP contribution in [0, 0.1) is 0 Å². The second kappa shape index (κ2) is 10.8. The van der Waals surface area contributed by atoms with Crippen molar-refractivity contribution in [2.75, 3.05) is 7.11 Å². The summed E-state index contributed by atoms with van der Waals surface area (Å²) in [6.45, 7) is 8.11. The van der Waals surface area contributed by atoms with Gasteiger partial charge in [-0.2, -0.15) is 0 Å². The van der Waals surface area contributed by atoms with Crippen molar-refractivity contribution in [1.29, 1.82) is 0 Å². The maximum absolute atomic E-state index is 12.9. The van der Waals surface area contributed by atoms with Crippen molar-refractivity contribution in [3.05, 3.63) is 88.8 Å². The van der Waals surface area contributed by atoms with Gasteiger partial charge in [0, 0.05) is 11.6 Å². The van der Waals surface area contributed by atoms with Crippen LogP contribution in [0.25, 0.3) is 16.8 Å². The minimum Gasteiger partial charge on any atom is -0.493 e. The van der Waals surface area contributed by atoms with Crippen molar-refractivity contribution in [3.8, 4) is 11.5 Å². The van der Waals surface area contributed by atoms with E-state index in [9.17, 15) is 9.59 Å². The fraction of sp³-hybridized carbons (Fsp3) is 0.241. The molecule has 3 aromatic rings. The van der Waals surface area contributed by atoms with Crippen molar-refractivity contribution in [1.82, 2.24) is 4.90 Å². The van der Waals surface area contributed by atoms with Gasteiger partial charge >= 0.3 is 0 Å². The Morgan fingerprint density at radius 3 is 2.60 bits per heavy atom. The zero-order valence-electron chi connectivity index (χ0n) is 20.2. The number of hydrogen-bond acceptors (Lipinski definition) is 5. The third-order valence-corrected chi connectivity index (χ3v) is 7.03. The van der Waals surface area contributed by atoms with Crippen LogP contribution in [0.3, 0.4) is 0 Å². The quantitative estimate of drug-likeness (QED) is 0.240. The monoisotopic (exact) mass is 487 g/mol. The first-order valence-electron chi connectivity index (χ1n) is 11.6. The first-order valence-corrected chi connectivity index (χ1v) is 12.5. The lowest BCUT2D eigenvalue weighted by Crippen LogP contribution is -2.36. The molecule has 1 heterocycles. The Bertz CT molecular complexity index is 1310. The molecule has 3 aromatic carbocycles.